The largest absolute Gasteiger partial charge is 0.479 e. The number of benzene rings is 1. The summed E-state index contributed by atoms with van der Waals surface area (Å²) in [6.45, 7) is 0. The van der Waals surface area contributed by atoms with Gasteiger partial charge in [-0.25, -0.2) is 9.18 Å². The van der Waals surface area contributed by atoms with E-state index in [1.165, 1.54) is 12.1 Å². The Hall–Kier alpha value is -1.84. The topological polar surface area (TPSA) is 42.2 Å². The molecule has 0 bridgehead atoms. The van der Waals surface area contributed by atoms with Crippen molar-refractivity contribution < 1.29 is 14.3 Å². The highest BCUT2D eigenvalue weighted by atomic mass is 19.1. The summed E-state index contributed by atoms with van der Waals surface area (Å²) in [6.07, 6.45) is 4.80. The second-order valence-corrected chi connectivity index (χ2v) is 4.93. The molecular weight excluding hydrogens is 233 g/mol. The maximum Gasteiger partial charge on any atom is 0.329 e. The number of aliphatic carboxylic acids is 1. The van der Waals surface area contributed by atoms with Crippen LogP contribution in [0.15, 0.2) is 30.5 Å². The summed E-state index contributed by atoms with van der Waals surface area (Å²) >= 11 is 0. The lowest BCUT2D eigenvalue weighted by atomic mass is 9.97. The van der Waals surface area contributed by atoms with Gasteiger partial charge >= 0.3 is 5.97 Å². The van der Waals surface area contributed by atoms with Crippen LogP contribution in [0.1, 0.15) is 25.7 Å². The molecule has 1 fully saturated rings. The minimum absolute atomic E-state index is 0.332. The molecule has 2 aromatic rings. The van der Waals surface area contributed by atoms with Crippen LogP contribution >= 0.6 is 0 Å². The van der Waals surface area contributed by atoms with Crippen molar-refractivity contribution in [2.24, 2.45) is 0 Å². The van der Waals surface area contributed by atoms with Crippen LogP contribution in [-0.4, -0.2) is 15.6 Å². The first-order valence-corrected chi connectivity index (χ1v) is 6.14. The van der Waals surface area contributed by atoms with E-state index in [9.17, 15) is 14.3 Å². The number of hydrogen-bond donors (Lipinski definition) is 1. The zero-order chi connectivity index (χ0) is 12.8. The Morgan fingerprint density at radius 1 is 1.28 bits per heavy atom. The zero-order valence-electron chi connectivity index (χ0n) is 9.90. The molecule has 0 spiro atoms. The maximum absolute atomic E-state index is 13.3. The van der Waals surface area contributed by atoms with Crippen LogP contribution in [0, 0.1) is 5.82 Å². The lowest BCUT2D eigenvalue weighted by molar-refractivity contribution is -0.147. The summed E-state index contributed by atoms with van der Waals surface area (Å²) < 4.78 is 15.1. The molecule has 1 aromatic carbocycles. The van der Waals surface area contributed by atoms with Gasteiger partial charge < -0.3 is 9.67 Å². The monoisotopic (exact) mass is 247 g/mol. The molecule has 4 heteroatoms. The quantitative estimate of drug-likeness (QED) is 0.885. The molecule has 1 heterocycles. The third kappa shape index (κ3) is 1.45. The Bertz CT molecular complexity index is 611. The van der Waals surface area contributed by atoms with Crippen molar-refractivity contribution in [1.29, 1.82) is 0 Å². The van der Waals surface area contributed by atoms with Crippen LogP contribution in [0.4, 0.5) is 4.39 Å². The van der Waals surface area contributed by atoms with E-state index in [0.717, 1.165) is 18.2 Å². The van der Waals surface area contributed by atoms with Gasteiger partial charge in [0.05, 0.1) is 5.52 Å². The molecular formula is C14H14FNO2. The molecule has 0 unspecified atom stereocenters. The summed E-state index contributed by atoms with van der Waals surface area (Å²) in [5.74, 6) is -1.15. The summed E-state index contributed by atoms with van der Waals surface area (Å²) in [5, 5.41) is 10.4. The second kappa shape index (κ2) is 3.83. The predicted molar refractivity (Wildman–Crippen MR) is 66.0 cm³/mol. The molecule has 1 aliphatic carbocycles. The van der Waals surface area contributed by atoms with Gasteiger partial charge in [0, 0.05) is 6.20 Å². The molecule has 1 saturated carbocycles. The Morgan fingerprint density at radius 3 is 2.67 bits per heavy atom. The first-order valence-electron chi connectivity index (χ1n) is 6.14. The van der Waals surface area contributed by atoms with Crippen molar-refractivity contribution in [3.05, 3.63) is 36.3 Å². The molecule has 94 valence electrons. The smallest absolute Gasteiger partial charge is 0.329 e. The van der Waals surface area contributed by atoms with Gasteiger partial charge in [-0.1, -0.05) is 12.8 Å². The number of carboxylic acid groups (broad SMARTS) is 1. The van der Waals surface area contributed by atoms with Crippen LogP contribution in [0.25, 0.3) is 10.9 Å². The van der Waals surface area contributed by atoms with E-state index in [0.29, 0.717) is 18.4 Å². The van der Waals surface area contributed by atoms with Crippen LogP contribution < -0.4 is 0 Å². The highest BCUT2D eigenvalue weighted by molar-refractivity contribution is 5.85. The van der Waals surface area contributed by atoms with Gasteiger partial charge in [-0.15, -0.1) is 0 Å². The molecule has 1 aromatic heterocycles. The van der Waals surface area contributed by atoms with E-state index in [1.54, 1.807) is 16.8 Å². The van der Waals surface area contributed by atoms with Crippen molar-refractivity contribution in [2.45, 2.75) is 31.2 Å². The van der Waals surface area contributed by atoms with Crippen molar-refractivity contribution in [2.75, 3.05) is 0 Å². The van der Waals surface area contributed by atoms with Gasteiger partial charge in [-0.3, -0.25) is 0 Å². The maximum atomic E-state index is 13.3. The minimum Gasteiger partial charge on any atom is -0.479 e. The molecule has 3 rings (SSSR count). The van der Waals surface area contributed by atoms with Crippen LogP contribution in [0.2, 0.25) is 0 Å². The molecule has 0 aliphatic heterocycles. The van der Waals surface area contributed by atoms with E-state index in [1.807, 2.05) is 6.07 Å². The number of hydrogen-bond acceptors (Lipinski definition) is 1. The molecule has 3 nitrogen and oxygen atoms in total. The number of carbonyl (C=O) groups is 1. The molecule has 1 N–H and O–H groups in total. The molecule has 0 saturated heterocycles. The number of halogens is 1. The standard InChI is InChI=1S/C14H14FNO2/c15-11-4-3-10-5-8-16(12(10)9-11)14(13(17)18)6-1-2-7-14/h3-5,8-9H,1-2,6-7H2,(H,17,18). The summed E-state index contributed by atoms with van der Waals surface area (Å²) in [7, 11) is 0. The van der Waals surface area contributed by atoms with Crippen LogP contribution in [0.5, 0.6) is 0 Å². The summed E-state index contributed by atoms with van der Waals surface area (Å²) in [6, 6.07) is 6.34. The number of aromatic nitrogens is 1. The highest BCUT2D eigenvalue weighted by Crippen LogP contribution is 2.39. The fraction of sp³-hybridized carbons (Fsp3) is 0.357. The van der Waals surface area contributed by atoms with E-state index < -0.39 is 11.5 Å². The Morgan fingerprint density at radius 2 is 2.00 bits per heavy atom. The van der Waals surface area contributed by atoms with Crippen LogP contribution in [0.3, 0.4) is 0 Å². The summed E-state index contributed by atoms with van der Waals surface area (Å²) in [5.41, 5.74) is -0.227. The predicted octanol–water partition coefficient (Wildman–Crippen LogP) is 3.13. The van der Waals surface area contributed by atoms with Crippen molar-refractivity contribution in [1.82, 2.24) is 4.57 Å². The molecule has 0 radical (unpaired) electrons. The fourth-order valence-corrected chi connectivity index (χ4v) is 2.99. The normalized spacial score (nSPS) is 18.3. The van der Waals surface area contributed by atoms with E-state index in [4.69, 9.17) is 0 Å². The van der Waals surface area contributed by atoms with Gasteiger partial charge in [0.25, 0.3) is 0 Å². The van der Waals surface area contributed by atoms with Crippen molar-refractivity contribution in [3.8, 4) is 0 Å². The van der Waals surface area contributed by atoms with Gasteiger partial charge in [0.2, 0.25) is 0 Å². The van der Waals surface area contributed by atoms with E-state index >= 15 is 0 Å². The first kappa shape index (κ1) is 11.3. The average molecular weight is 247 g/mol. The molecule has 1 aliphatic rings. The van der Waals surface area contributed by atoms with Crippen molar-refractivity contribution >= 4 is 16.9 Å². The Balaban J connectivity index is 2.24. The van der Waals surface area contributed by atoms with Gasteiger partial charge in [-0.05, 0) is 42.5 Å². The lowest BCUT2D eigenvalue weighted by Crippen LogP contribution is -2.38. The third-order valence-electron chi connectivity index (χ3n) is 3.95. The second-order valence-electron chi connectivity index (χ2n) is 4.93. The van der Waals surface area contributed by atoms with Crippen molar-refractivity contribution in [3.63, 3.8) is 0 Å². The molecule has 0 atom stereocenters. The van der Waals surface area contributed by atoms with Gasteiger partial charge in [-0.2, -0.15) is 0 Å². The highest BCUT2D eigenvalue weighted by Gasteiger charge is 2.43. The SMILES string of the molecule is O=C(O)C1(n2ccc3ccc(F)cc32)CCCC1. The zero-order valence-corrected chi connectivity index (χ0v) is 9.90. The van der Waals surface area contributed by atoms with Crippen LogP contribution in [-0.2, 0) is 10.3 Å². The molecule has 0 amide bonds. The first-order chi connectivity index (χ1) is 8.63. The van der Waals surface area contributed by atoms with Gasteiger partial charge in [0.15, 0.2) is 0 Å². The Labute approximate surface area is 104 Å². The average Bonchev–Trinajstić information content (AvgIpc) is 2.94. The van der Waals surface area contributed by atoms with Gasteiger partial charge in [0.1, 0.15) is 11.4 Å². The van der Waals surface area contributed by atoms with E-state index in [-0.39, 0.29) is 5.82 Å². The minimum atomic E-state index is -0.893. The Kier molecular flexibility index (Phi) is 2.40. The number of nitrogens with zero attached hydrogens (tertiary/aromatic N) is 1. The number of fused-ring (bicyclic) bond motifs is 1. The summed E-state index contributed by atoms with van der Waals surface area (Å²) in [4.78, 5) is 11.6. The molecule has 18 heavy (non-hydrogen) atoms. The fourth-order valence-electron chi connectivity index (χ4n) is 2.99. The number of rotatable bonds is 2. The van der Waals surface area contributed by atoms with E-state index in [2.05, 4.69) is 0 Å². The lowest BCUT2D eigenvalue weighted by Gasteiger charge is -2.27. The third-order valence-corrected chi connectivity index (χ3v) is 3.95. The number of carboxylic acids is 1.